The Balaban J connectivity index is 1.43. The molecule has 0 saturated heterocycles. The van der Waals surface area contributed by atoms with E-state index >= 15 is 0 Å². The smallest absolute Gasteiger partial charge is 0.338 e. The fourth-order valence-electron chi connectivity index (χ4n) is 3.55. The Labute approximate surface area is 206 Å². The molecule has 9 heteroatoms. The first-order valence-corrected chi connectivity index (χ1v) is 13.0. The number of nitrogens with one attached hydrogen (secondary N) is 1. The number of carbonyl (C=O) groups excluding carboxylic acids is 2. The molecule has 0 radical (unpaired) electrons. The number of carbonyl (C=O) groups is 2. The average Bonchev–Trinajstić information content (AvgIpc) is 3.32. The molecule has 1 amide bonds. The number of hydrogen-bond donors (Lipinski definition) is 1. The molecule has 0 spiro atoms. The Kier molecular flexibility index (Phi) is 8.08. The zero-order chi connectivity index (χ0) is 23.9. The first kappa shape index (κ1) is 24.1. The summed E-state index contributed by atoms with van der Waals surface area (Å²) in [4.78, 5) is 42.9. The van der Waals surface area contributed by atoms with Gasteiger partial charge in [-0.15, -0.1) is 11.8 Å². The van der Waals surface area contributed by atoms with Gasteiger partial charge in [0.05, 0.1) is 28.5 Å². The molecule has 2 heterocycles. The first-order chi connectivity index (χ1) is 16.5. The van der Waals surface area contributed by atoms with E-state index in [-0.39, 0.29) is 17.2 Å². The summed E-state index contributed by atoms with van der Waals surface area (Å²) in [5.74, 6) is 0.355. The van der Waals surface area contributed by atoms with E-state index in [1.54, 1.807) is 47.5 Å². The molecule has 34 heavy (non-hydrogen) atoms. The highest BCUT2D eigenvalue weighted by atomic mass is 32.2. The van der Waals surface area contributed by atoms with E-state index in [9.17, 15) is 14.4 Å². The fraction of sp³-hybridized carbons (Fsp3) is 0.280. The highest BCUT2D eigenvalue weighted by Crippen LogP contribution is 2.29. The molecule has 0 fully saturated rings. The van der Waals surface area contributed by atoms with Crippen LogP contribution in [0.4, 0.5) is 5.69 Å². The van der Waals surface area contributed by atoms with Crippen molar-refractivity contribution in [3.8, 4) is 0 Å². The van der Waals surface area contributed by atoms with Gasteiger partial charge >= 0.3 is 5.97 Å². The number of ether oxygens (including phenoxy) is 1. The highest BCUT2D eigenvalue weighted by molar-refractivity contribution is 8.00. The molecule has 0 saturated carbocycles. The number of anilines is 1. The normalized spacial score (nSPS) is 12.3. The summed E-state index contributed by atoms with van der Waals surface area (Å²) in [5.41, 5.74) is 2.95. The topological polar surface area (TPSA) is 90.3 Å². The van der Waals surface area contributed by atoms with Crippen molar-refractivity contribution in [2.75, 3.05) is 23.4 Å². The van der Waals surface area contributed by atoms with Crippen molar-refractivity contribution in [3.05, 3.63) is 81.8 Å². The lowest BCUT2D eigenvalue weighted by Crippen LogP contribution is -2.27. The van der Waals surface area contributed by atoms with Crippen LogP contribution in [0.3, 0.4) is 0 Å². The van der Waals surface area contributed by atoms with Crippen LogP contribution in [0.5, 0.6) is 0 Å². The van der Waals surface area contributed by atoms with E-state index < -0.39 is 5.97 Å². The monoisotopic (exact) mass is 495 g/mol. The van der Waals surface area contributed by atoms with Crippen molar-refractivity contribution < 1.29 is 14.3 Å². The van der Waals surface area contributed by atoms with E-state index in [0.29, 0.717) is 36.0 Å². The van der Waals surface area contributed by atoms with Crippen molar-refractivity contribution in [2.45, 2.75) is 36.4 Å². The number of thioether (sulfide) groups is 2. The largest absolute Gasteiger partial charge is 0.462 e. The molecule has 0 aliphatic carbocycles. The number of rotatable bonds is 9. The van der Waals surface area contributed by atoms with Gasteiger partial charge in [-0.25, -0.2) is 9.78 Å². The quantitative estimate of drug-likeness (QED) is 0.272. The van der Waals surface area contributed by atoms with Crippen LogP contribution < -0.4 is 10.9 Å². The molecule has 1 aromatic heterocycles. The summed E-state index contributed by atoms with van der Waals surface area (Å²) in [6, 6.07) is 16.5. The van der Waals surface area contributed by atoms with E-state index in [1.165, 1.54) is 11.8 Å². The minimum Gasteiger partial charge on any atom is -0.462 e. The minimum atomic E-state index is -0.398. The van der Waals surface area contributed by atoms with Gasteiger partial charge in [-0.1, -0.05) is 42.1 Å². The second-order valence-electron chi connectivity index (χ2n) is 7.60. The summed E-state index contributed by atoms with van der Waals surface area (Å²) in [5, 5.41) is 3.39. The van der Waals surface area contributed by atoms with Gasteiger partial charge in [-0.2, -0.15) is 0 Å². The molecule has 0 atom stereocenters. The van der Waals surface area contributed by atoms with Crippen molar-refractivity contribution in [3.63, 3.8) is 0 Å². The van der Waals surface area contributed by atoms with Gasteiger partial charge in [-0.3, -0.25) is 14.2 Å². The van der Waals surface area contributed by atoms with E-state index in [2.05, 4.69) is 5.32 Å². The van der Waals surface area contributed by atoms with Crippen LogP contribution in [0.2, 0.25) is 0 Å². The van der Waals surface area contributed by atoms with Crippen LogP contribution in [0.15, 0.2) is 69.4 Å². The van der Waals surface area contributed by atoms with Gasteiger partial charge in [0.1, 0.15) is 0 Å². The van der Waals surface area contributed by atoms with Crippen LogP contribution >= 0.6 is 23.5 Å². The van der Waals surface area contributed by atoms with Gasteiger partial charge in [-0.05, 0) is 43.2 Å². The Morgan fingerprint density at radius 2 is 1.91 bits per heavy atom. The standard InChI is InChI=1S/C25H25N3O4S2/c1-2-32-24(31)18-8-10-19(11-9-18)26-21(29)16-34-25-27-20-13-15-33-22(20)23(30)28(25)14-12-17-6-4-3-5-7-17/h3-11H,2,12-16H2,1H3,(H,26,29). The lowest BCUT2D eigenvalue weighted by atomic mass is 10.1. The maximum atomic E-state index is 13.1. The number of aryl methyl sites for hydroxylation is 2. The number of hydrogen-bond acceptors (Lipinski definition) is 7. The zero-order valence-electron chi connectivity index (χ0n) is 18.8. The number of nitrogens with zero attached hydrogens (tertiary/aromatic N) is 2. The van der Waals surface area contributed by atoms with E-state index in [1.807, 2.05) is 30.3 Å². The first-order valence-electron chi connectivity index (χ1n) is 11.1. The summed E-state index contributed by atoms with van der Waals surface area (Å²) in [6.45, 7) is 2.56. The van der Waals surface area contributed by atoms with Gasteiger partial charge in [0.25, 0.3) is 5.56 Å². The predicted octanol–water partition coefficient (Wildman–Crippen LogP) is 4.04. The van der Waals surface area contributed by atoms with Crippen molar-refractivity contribution in [1.29, 1.82) is 0 Å². The van der Waals surface area contributed by atoms with E-state index in [4.69, 9.17) is 9.72 Å². The summed E-state index contributed by atoms with van der Waals surface area (Å²) in [6.07, 6.45) is 1.47. The van der Waals surface area contributed by atoms with Crippen molar-refractivity contribution in [1.82, 2.24) is 9.55 Å². The molecular weight excluding hydrogens is 470 g/mol. The Bertz CT molecular complexity index is 1230. The molecular formula is C25H25N3O4S2. The van der Waals surface area contributed by atoms with Crippen molar-refractivity contribution in [2.24, 2.45) is 0 Å². The second-order valence-corrected chi connectivity index (χ2v) is 9.64. The number of benzene rings is 2. The van der Waals surface area contributed by atoms with Gasteiger partial charge in [0, 0.05) is 24.4 Å². The molecule has 1 aliphatic heterocycles. The maximum Gasteiger partial charge on any atom is 0.338 e. The Morgan fingerprint density at radius 3 is 2.65 bits per heavy atom. The lowest BCUT2D eigenvalue weighted by molar-refractivity contribution is -0.113. The van der Waals surface area contributed by atoms with Crippen LogP contribution in [-0.2, 0) is 28.9 Å². The lowest BCUT2D eigenvalue weighted by Gasteiger charge is -2.14. The fourth-order valence-corrected chi connectivity index (χ4v) is 5.43. The number of amides is 1. The Hall–Kier alpha value is -3.04. The number of aromatic nitrogens is 2. The number of esters is 1. The minimum absolute atomic E-state index is 0.0270. The molecule has 176 valence electrons. The molecule has 4 rings (SSSR count). The van der Waals surface area contributed by atoms with E-state index in [0.717, 1.165) is 28.3 Å². The van der Waals surface area contributed by atoms with Crippen LogP contribution in [0.1, 0.15) is 28.5 Å². The Morgan fingerprint density at radius 1 is 1.15 bits per heavy atom. The third-order valence-corrected chi connectivity index (χ3v) is 7.31. The summed E-state index contributed by atoms with van der Waals surface area (Å²) < 4.78 is 6.66. The molecule has 0 unspecified atom stereocenters. The van der Waals surface area contributed by atoms with Crippen LogP contribution in [0, 0.1) is 0 Å². The second kappa shape index (κ2) is 11.4. The molecule has 7 nitrogen and oxygen atoms in total. The van der Waals surface area contributed by atoms with Crippen LogP contribution in [0.25, 0.3) is 0 Å². The SMILES string of the molecule is CCOC(=O)c1ccc(NC(=O)CSc2nc3c(c(=O)n2CCc2ccccc2)SCC3)cc1. The molecule has 3 aromatic rings. The third kappa shape index (κ3) is 5.90. The molecule has 2 aromatic carbocycles. The predicted molar refractivity (Wildman–Crippen MR) is 135 cm³/mol. The summed E-state index contributed by atoms with van der Waals surface area (Å²) in [7, 11) is 0. The van der Waals surface area contributed by atoms with Gasteiger partial charge in [0.15, 0.2) is 5.16 Å². The van der Waals surface area contributed by atoms with Gasteiger partial charge < -0.3 is 10.1 Å². The van der Waals surface area contributed by atoms with Gasteiger partial charge in [0.2, 0.25) is 5.91 Å². The van der Waals surface area contributed by atoms with Crippen LogP contribution in [-0.4, -0.2) is 39.5 Å². The molecule has 0 bridgehead atoms. The highest BCUT2D eigenvalue weighted by Gasteiger charge is 2.22. The zero-order valence-corrected chi connectivity index (χ0v) is 20.4. The summed E-state index contributed by atoms with van der Waals surface area (Å²) >= 11 is 2.81. The molecule has 1 N–H and O–H groups in total. The maximum absolute atomic E-state index is 13.1. The molecule has 1 aliphatic rings. The average molecular weight is 496 g/mol. The third-order valence-electron chi connectivity index (χ3n) is 5.23. The van der Waals surface area contributed by atoms with Crippen molar-refractivity contribution >= 4 is 41.1 Å². The number of fused-ring (bicyclic) bond motifs is 1.